The van der Waals surface area contributed by atoms with Crippen LogP contribution in [-0.4, -0.2) is 40.3 Å². The first-order chi connectivity index (χ1) is 12.8. The van der Waals surface area contributed by atoms with Gasteiger partial charge in [-0.25, -0.2) is 4.98 Å². The van der Waals surface area contributed by atoms with Crippen LogP contribution in [0, 0.1) is 13.8 Å². The Bertz CT molecular complexity index is 1000. The van der Waals surface area contributed by atoms with Gasteiger partial charge in [0.1, 0.15) is 11.3 Å². The highest BCUT2D eigenvalue weighted by atomic mass is 16.5. The van der Waals surface area contributed by atoms with E-state index >= 15 is 0 Å². The van der Waals surface area contributed by atoms with Gasteiger partial charge in [-0.2, -0.15) is 0 Å². The van der Waals surface area contributed by atoms with E-state index in [1.54, 1.807) is 14.1 Å². The second kappa shape index (κ2) is 7.23. The molecule has 0 N–H and O–H groups in total. The highest BCUT2D eigenvalue weighted by Crippen LogP contribution is 2.32. The van der Waals surface area contributed by atoms with Gasteiger partial charge in [-0.1, -0.05) is 35.9 Å². The number of amides is 1. The largest absolute Gasteiger partial charge is 0.446 e. The van der Waals surface area contributed by atoms with Crippen LogP contribution in [0.5, 0.6) is 0 Å². The number of rotatable bonds is 4. The Labute approximate surface area is 158 Å². The van der Waals surface area contributed by atoms with E-state index in [2.05, 4.69) is 0 Å². The summed E-state index contributed by atoms with van der Waals surface area (Å²) < 4.78 is 7.29. The summed E-state index contributed by atoms with van der Waals surface area (Å²) in [6, 6.07) is 11.7. The van der Waals surface area contributed by atoms with E-state index in [0.717, 1.165) is 16.7 Å². The van der Waals surface area contributed by atoms with E-state index in [0.29, 0.717) is 17.0 Å². The number of fused-ring (bicyclic) bond motifs is 1. The number of aryl methyl sites for hydroxylation is 2. The van der Waals surface area contributed by atoms with Crippen LogP contribution in [-0.2, 0) is 14.3 Å². The molecule has 6 heteroatoms. The molecule has 0 spiro atoms. The second-order valence-electron chi connectivity index (χ2n) is 6.87. The van der Waals surface area contributed by atoms with Gasteiger partial charge >= 0.3 is 5.97 Å². The number of hydrogen-bond acceptors (Lipinski definition) is 4. The molecule has 0 radical (unpaired) electrons. The normalized spacial score (nSPS) is 12.0. The first-order valence-electron chi connectivity index (χ1n) is 8.72. The van der Waals surface area contributed by atoms with Crippen LogP contribution in [0.1, 0.15) is 29.8 Å². The van der Waals surface area contributed by atoms with Crippen molar-refractivity contribution in [3.05, 3.63) is 59.4 Å². The number of benzene rings is 1. The van der Waals surface area contributed by atoms with Gasteiger partial charge in [0.2, 0.25) is 6.10 Å². The van der Waals surface area contributed by atoms with Crippen LogP contribution in [0.15, 0.2) is 42.6 Å². The summed E-state index contributed by atoms with van der Waals surface area (Å²) in [7, 11) is 3.28. The van der Waals surface area contributed by atoms with Crippen molar-refractivity contribution in [2.75, 3.05) is 14.1 Å². The van der Waals surface area contributed by atoms with Crippen LogP contribution in [0.2, 0.25) is 0 Å². The summed E-state index contributed by atoms with van der Waals surface area (Å²) in [5.41, 5.74) is 4.86. The number of aromatic nitrogens is 2. The fourth-order valence-corrected chi connectivity index (χ4v) is 2.97. The highest BCUT2D eigenvalue weighted by Gasteiger charge is 2.32. The lowest BCUT2D eigenvalue weighted by atomic mass is 10.0. The second-order valence-corrected chi connectivity index (χ2v) is 6.87. The number of nitrogens with zero attached hydrogens (tertiary/aromatic N) is 3. The number of likely N-dealkylation sites (N-methyl/N-ethyl adjacent to an activating group) is 1. The SMILES string of the molecule is CC(=O)OC(C(=O)N(C)C)c1c(-c2ccc(C)cc2)nc2ccc(C)cn12. The Hall–Kier alpha value is -3.15. The van der Waals surface area contributed by atoms with Crippen LogP contribution in [0.25, 0.3) is 16.9 Å². The average Bonchev–Trinajstić information content (AvgIpc) is 2.97. The minimum atomic E-state index is -1.08. The predicted molar refractivity (Wildman–Crippen MR) is 103 cm³/mol. The van der Waals surface area contributed by atoms with E-state index in [-0.39, 0.29) is 5.91 Å². The maximum Gasteiger partial charge on any atom is 0.303 e. The topological polar surface area (TPSA) is 63.9 Å². The maximum absolute atomic E-state index is 12.9. The van der Waals surface area contributed by atoms with E-state index < -0.39 is 12.1 Å². The summed E-state index contributed by atoms with van der Waals surface area (Å²) >= 11 is 0. The number of carbonyl (C=O) groups excluding carboxylic acids is 2. The molecular weight excluding hydrogens is 342 g/mol. The Balaban J connectivity index is 2.30. The van der Waals surface area contributed by atoms with Crippen molar-refractivity contribution >= 4 is 17.5 Å². The molecule has 1 aromatic carbocycles. The van der Waals surface area contributed by atoms with Crippen molar-refractivity contribution in [3.63, 3.8) is 0 Å². The minimum Gasteiger partial charge on any atom is -0.446 e. The smallest absolute Gasteiger partial charge is 0.303 e. The van der Waals surface area contributed by atoms with E-state index in [4.69, 9.17) is 9.72 Å². The molecule has 0 saturated heterocycles. The van der Waals surface area contributed by atoms with Crippen LogP contribution in [0.4, 0.5) is 0 Å². The molecule has 2 aromatic heterocycles. The molecule has 0 fully saturated rings. The summed E-state index contributed by atoms with van der Waals surface area (Å²) in [4.78, 5) is 30.7. The Morgan fingerprint density at radius 2 is 1.67 bits per heavy atom. The average molecular weight is 365 g/mol. The molecule has 0 bridgehead atoms. The molecule has 3 aromatic rings. The molecule has 0 saturated carbocycles. The molecule has 1 amide bonds. The van der Waals surface area contributed by atoms with Crippen molar-refractivity contribution in [1.82, 2.24) is 14.3 Å². The molecular formula is C21H23N3O3. The van der Waals surface area contributed by atoms with Crippen LogP contribution in [0.3, 0.4) is 0 Å². The van der Waals surface area contributed by atoms with Crippen molar-refractivity contribution < 1.29 is 14.3 Å². The number of hydrogen-bond donors (Lipinski definition) is 0. The Morgan fingerprint density at radius 1 is 1.04 bits per heavy atom. The predicted octanol–water partition coefficient (Wildman–Crippen LogP) is 3.31. The van der Waals surface area contributed by atoms with Crippen molar-refractivity contribution in [2.45, 2.75) is 26.9 Å². The molecule has 2 heterocycles. The lowest BCUT2D eigenvalue weighted by molar-refractivity contribution is -0.158. The molecule has 27 heavy (non-hydrogen) atoms. The zero-order valence-electron chi connectivity index (χ0n) is 16.2. The van der Waals surface area contributed by atoms with Crippen molar-refractivity contribution in [1.29, 1.82) is 0 Å². The molecule has 0 aliphatic carbocycles. The molecule has 1 unspecified atom stereocenters. The third-order valence-electron chi connectivity index (χ3n) is 4.33. The minimum absolute atomic E-state index is 0.318. The van der Waals surface area contributed by atoms with Crippen molar-refractivity contribution in [3.8, 4) is 11.3 Å². The van der Waals surface area contributed by atoms with Crippen LogP contribution >= 0.6 is 0 Å². The first-order valence-corrected chi connectivity index (χ1v) is 8.72. The van der Waals surface area contributed by atoms with Gasteiger partial charge < -0.3 is 9.64 Å². The molecule has 3 rings (SSSR count). The number of imidazole rings is 1. The van der Waals surface area contributed by atoms with Gasteiger partial charge in [0, 0.05) is 32.8 Å². The van der Waals surface area contributed by atoms with Crippen molar-refractivity contribution in [2.24, 2.45) is 0 Å². The van der Waals surface area contributed by atoms with Crippen LogP contribution < -0.4 is 0 Å². The quantitative estimate of drug-likeness (QED) is 0.666. The third-order valence-corrected chi connectivity index (χ3v) is 4.33. The van der Waals surface area contributed by atoms with Gasteiger partial charge in [0.05, 0.1) is 5.69 Å². The molecule has 1 atom stereocenters. The van der Waals surface area contributed by atoms with Gasteiger partial charge in [-0.15, -0.1) is 0 Å². The molecule has 6 nitrogen and oxygen atoms in total. The molecule has 140 valence electrons. The van der Waals surface area contributed by atoms with E-state index in [9.17, 15) is 9.59 Å². The Kier molecular flexibility index (Phi) is 4.99. The molecule has 0 aliphatic rings. The number of ether oxygens (including phenoxy) is 1. The number of esters is 1. The maximum atomic E-state index is 12.9. The lowest BCUT2D eigenvalue weighted by Crippen LogP contribution is -2.31. The number of carbonyl (C=O) groups is 2. The van der Waals surface area contributed by atoms with Gasteiger partial charge in [0.15, 0.2) is 0 Å². The zero-order valence-corrected chi connectivity index (χ0v) is 16.2. The summed E-state index contributed by atoms with van der Waals surface area (Å²) in [5, 5.41) is 0. The van der Waals surface area contributed by atoms with E-state index in [1.165, 1.54) is 11.8 Å². The number of pyridine rings is 1. The summed E-state index contributed by atoms with van der Waals surface area (Å²) in [5.74, 6) is -0.838. The Morgan fingerprint density at radius 3 is 2.26 bits per heavy atom. The fraction of sp³-hybridized carbons (Fsp3) is 0.286. The highest BCUT2D eigenvalue weighted by molar-refractivity contribution is 5.86. The summed E-state index contributed by atoms with van der Waals surface area (Å²) in [6.07, 6.45) is 0.819. The fourth-order valence-electron chi connectivity index (χ4n) is 2.97. The van der Waals surface area contributed by atoms with E-state index in [1.807, 2.05) is 60.8 Å². The first kappa shape index (κ1) is 18.6. The summed E-state index contributed by atoms with van der Waals surface area (Å²) in [6.45, 7) is 5.27. The zero-order chi connectivity index (χ0) is 19.7. The monoisotopic (exact) mass is 365 g/mol. The van der Waals surface area contributed by atoms with Gasteiger partial charge in [-0.3, -0.25) is 14.0 Å². The standard InChI is InChI=1S/C21H23N3O3/c1-13-6-9-16(10-7-13)18-19(20(27-15(3)25)21(26)23(4)5)24-12-14(2)8-11-17(24)22-18/h6-12,20H,1-5H3. The van der Waals surface area contributed by atoms with Gasteiger partial charge in [-0.05, 0) is 25.5 Å². The lowest BCUT2D eigenvalue weighted by Gasteiger charge is -2.21. The molecule has 0 aliphatic heterocycles. The third kappa shape index (κ3) is 3.69. The van der Waals surface area contributed by atoms with Gasteiger partial charge in [0.25, 0.3) is 5.91 Å².